The van der Waals surface area contributed by atoms with Crippen LogP contribution in [0.3, 0.4) is 0 Å². The molecule has 2 rings (SSSR count). The molecule has 1 N–H and O–H groups in total. The predicted octanol–water partition coefficient (Wildman–Crippen LogP) is 3.35. The van der Waals surface area contributed by atoms with Gasteiger partial charge in [0.15, 0.2) is 5.16 Å². The fourth-order valence-corrected chi connectivity index (χ4v) is 2.89. The van der Waals surface area contributed by atoms with Crippen LogP contribution in [0.4, 0.5) is 5.69 Å². The van der Waals surface area contributed by atoms with Crippen LogP contribution in [-0.4, -0.2) is 40.1 Å². The molecule has 1 aromatic carbocycles. The lowest BCUT2D eigenvalue weighted by Gasteiger charge is -2.08. The Kier molecular flexibility index (Phi) is 7.16. The Hall–Kier alpha value is -1.28. The van der Waals surface area contributed by atoms with Crippen molar-refractivity contribution in [2.24, 2.45) is 0 Å². The maximum atomic E-state index is 12.0. The van der Waals surface area contributed by atoms with Gasteiger partial charge in [-0.3, -0.25) is 4.79 Å². The number of rotatable bonds is 8. The van der Waals surface area contributed by atoms with E-state index in [4.69, 9.17) is 27.9 Å². The first-order valence-corrected chi connectivity index (χ1v) is 8.59. The van der Waals surface area contributed by atoms with Crippen molar-refractivity contribution < 1.29 is 9.53 Å². The summed E-state index contributed by atoms with van der Waals surface area (Å²) in [6.45, 7) is 1.40. The molecule has 2 aromatic rings. The number of nitrogens with zero attached hydrogens (tertiary/aromatic N) is 3. The van der Waals surface area contributed by atoms with E-state index in [9.17, 15) is 4.79 Å². The summed E-state index contributed by atoms with van der Waals surface area (Å²) in [5.41, 5.74) is 0.492. The van der Waals surface area contributed by atoms with E-state index in [0.29, 0.717) is 27.5 Å². The summed E-state index contributed by atoms with van der Waals surface area (Å²) >= 11 is 13.3. The van der Waals surface area contributed by atoms with Crippen molar-refractivity contribution in [2.75, 3.05) is 24.8 Å². The molecule has 0 aliphatic rings. The highest BCUT2D eigenvalue weighted by Crippen LogP contribution is 2.29. The van der Waals surface area contributed by atoms with Crippen molar-refractivity contribution in [3.63, 3.8) is 0 Å². The first-order chi connectivity index (χ1) is 11.1. The van der Waals surface area contributed by atoms with Crippen LogP contribution in [0.1, 0.15) is 6.42 Å². The van der Waals surface area contributed by atoms with Gasteiger partial charge >= 0.3 is 0 Å². The largest absolute Gasteiger partial charge is 0.385 e. The van der Waals surface area contributed by atoms with E-state index in [-0.39, 0.29) is 11.7 Å². The number of carbonyl (C=O) groups excluding carboxylic acids is 1. The highest BCUT2D eigenvalue weighted by Gasteiger charge is 2.11. The smallest absolute Gasteiger partial charge is 0.234 e. The van der Waals surface area contributed by atoms with E-state index in [1.807, 2.05) is 4.57 Å². The van der Waals surface area contributed by atoms with Crippen LogP contribution in [0, 0.1) is 0 Å². The number of ether oxygens (including phenoxy) is 1. The predicted molar refractivity (Wildman–Crippen MR) is 92.3 cm³/mol. The van der Waals surface area contributed by atoms with Gasteiger partial charge in [0.1, 0.15) is 6.33 Å². The van der Waals surface area contributed by atoms with Gasteiger partial charge in [-0.05, 0) is 18.6 Å². The highest BCUT2D eigenvalue weighted by molar-refractivity contribution is 7.99. The third-order valence-electron chi connectivity index (χ3n) is 2.89. The molecule has 1 heterocycles. The Morgan fingerprint density at radius 3 is 3.04 bits per heavy atom. The number of halogens is 2. The van der Waals surface area contributed by atoms with Gasteiger partial charge in [0, 0.05) is 20.3 Å². The molecule has 1 aromatic heterocycles. The van der Waals surface area contributed by atoms with Crippen molar-refractivity contribution in [3.05, 3.63) is 34.6 Å². The fraction of sp³-hybridized carbons (Fsp3) is 0.357. The number of aryl methyl sites for hydroxylation is 1. The van der Waals surface area contributed by atoms with Crippen molar-refractivity contribution in [3.8, 4) is 0 Å². The molecule has 6 nitrogen and oxygen atoms in total. The van der Waals surface area contributed by atoms with Crippen LogP contribution in [0.2, 0.25) is 10.0 Å². The summed E-state index contributed by atoms with van der Waals surface area (Å²) in [7, 11) is 1.66. The summed E-state index contributed by atoms with van der Waals surface area (Å²) in [4.78, 5) is 12.0. The quantitative estimate of drug-likeness (QED) is 0.566. The normalized spacial score (nSPS) is 10.7. The first kappa shape index (κ1) is 18.1. The van der Waals surface area contributed by atoms with Gasteiger partial charge in [0.2, 0.25) is 5.91 Å². The van der Waals surface area contributed by atoms with Crippen molar-refractivity contribution in [2.45, 2.75) is 18.1 Å². The Morgan fingerprint density at radius 1 is 1.43 bits per heavy atom. The van der Waals surface area contributed by atoms with Crippen molar-refractivity contribution in [1.82, 2.24) is 14.8 Å². The van der Waals surface area contributed by atoms with Gasteiger partial charge in [-0.1, -0.05) is 41.0 Å². The molecule has 0 aliphatic heterocycles. The molecule has 0 fully saturated rings. The second-order valence-electron chi connectivity index (χ2n) is 4.59. The lowest BCUT2D eigenvalue weighted by molar-refractivity contribution is -0.113. The minimum Gasteiger partial charge on any atom is -0.385 e. The Morgan fingerprint density at radius 2 is 2.26 bits per heavy atom. The van der Waals surface area contributed by atoms with Crippen molar-refractivity contribution in [1.29, 1.82) is 0 Å². The number of anilines is 1. The van der Waals surface area contributed by atoms with Gasteiger partial charge in [-0.2, -0.15) is 0 Å². The van der Waals surface area contributed by atoms with Gasteiger partial charge in [-0.15, -0.1) is 10.2 Å². The maximum absolute atomic E-state index is 12.0. The zero-order valence-corrected chi connectivity index (χ0v) is 14.8. The number of benzene rings is 1. The van der Waals surface area contributed by atoms with Crippen LogP contribution in [0.5, 0.6) is 0 Å². The molecule has 0 radical (unpaired) electrons. The first-order valence-electron chi connectivity index (χ1n) is 6.85. The van der Waals surface area contributed by atoms with Crippen LogP contribution in [0.15, 0.2) is 29.7 Å². The Labute approximate surface area is 148 Å². The molecule has 0 spiro atoms. The van der Waals surface area contributed by atoms with Gasteiger partial charge in [0.25, 0.3) is 0 Å². The number of amides is 1. The maximum Gasteiger partial charge on any atom is 0.234 e. The lowest BCUT2D eigenvalue weighted by atomic mass is 10.3. The van der Waals surface area contributed by atoms with Gasteiger partial charge < -0.3 is 14.6 Å². The second kappa shape index (κ2) is 9.12. The molecule has 0 saturated heterocycles. The van der Waals surface area contributed by atoms with Crippen molar-refractivity contribution >= 4 is 46.6 Å². The summed E-state index contributed by atoms with van der Waals surface area (Å²) < 4.78 is 6.91. The zero-order valence-electron chi connectivity index (χ0n) is 12.5. The van der Waals surface area contributed by atoms with E-state index in [1.165, 1.54) is 11.8 Å². The van der Waals surface area contributed by atoms with E-state index in [2.05, 4.69) is 15.5 Å². The average molecular weight is 375 g/mol. The Balaban J connectivity index is 1.87. The molecule has 124 valence electrons. The summed E-state index contributed by atoms with van der Waals surface area (Å²) in [5, 5.41) is 12.0. The van der Waals surface area contributed by atoms with Crippen LogP contribution in [-0.2, 0) is 16.1 Å². The summed E-state index contributed by atoms with van der Waals surface area (Å²) in [5.74, 6) is 0.0110. The monoisotopic (exact) mass is 374 g/mol. The standard InChI is InChI=1S/C14H16Cl2N4O2S/c1-22-7-3-6-20-9-17-19-14(20)23-8-12(21)18-11-5-2-4-10(15)13(11)16/h2,4-5,9H,3,6-8H2,1H3,(H,18,21). The third-order valence-corrected chi connectivity index (χ3v) is 4.69. The highest BCUT2D eigenvalue weighted by atomic mass is 35.5. The van der Waals surface area contributed by atoms with E-state index >= 15 is 0 Å². The fourth-order valence-electron chi connectivity index (χ4n) is 1.81. The zero-order chi connectivity index (χ0) is 16.7. The topological polar surface area (TPSA) is 69.0 Å². The minimum absolute atomic E-state index is 0.189. The van der Waals surface area contributed by atoms with Gasteiger partial charge in [0.05, 0.1) is 21.5 Å². The molecule has 0 bridgehead atoms. The Bertz CT molecular complexity index is 666. The molecule has 1 amide bonds. The second-order valence-corrected chi connectivity index (χ2v) is 6.32. The number of hydrogen-bond donors (Lipinski definition) is 1. The van der Waals surface area contributed by atoms with E-state index < -0.39 is 0 Å². The van der Waals surface area contributed by atoms with E-state index in [0.717, 1.165) is 13.0 Å². The van der Waals surface area contributed by atoms with E-state index in [1.54, 1.807) is 31.6 Å². The molecular weight excluding hydrogens is 359 g/mol. The molecule has 0 saturated carbocycles. The van der Waals surface area contributed by atoms with Crippen LogP contribution < -0.4 is 5.32 Å². The molecule has 23 heavy (non-hydrogen) atoms. The summed E-state index contributed by atoms with van der Waals surface area (Å²) in [6.07, 6.45) is 2.50. The number of carbonyl (C=O) groups is 1. The number of hydrogen-bond acceptors (Lipinski definition) is 5. The molecule has 0 unspecified atom stereocenters. The molecule has 0 atom stereocenters. The van der Waals surface area contributed by atoms with Gasteiger partial charge in [-0.25, -0.2) is 0 Å². The summed E-state index contributed by atoms with van der Waals surface area (Å²) in [6, 6.07) is 5.09. The number of aromatic nitrogens is 3. The lowest BCUT2D eigenvalue weighted by Crippen LogP contribution is -2.15. The average Bonchev–Trinajstić information content (AvgIpc) is 2.98. The number of methoxy groups -OCH3 is 1. The molecular formula is C14H16Cl2N4O2S. The third kappa shape index (κ3) is 5.39. The molecule has 0 aliphatic carbocycles. The van der Waals surface area contributed by atoms with Crippen LogP contribution in [0.25, 0.3) is 0 Å². The molecule has 9 heteroatoms. The minimum atomic E-state index is -0.189. The number of nitrogens with one attached hydrogen (secondary N) is 1. The van der Waals surface area contributed by atoms with Crippen LogP contribution >= 0.6 is 35.0 Å². The number of thioether (sulfide) groups is 1. The SMILES string of the molecule is COCCCn1cnnc1SCC(=O)Nc1cccc(Cl)c1Cl.